The zero-order valence-electron chi connectivity index (χ0n) is 30.8. The van der Waals surface area contributed by atoms with E-state index in [0.29, 0.717) is 13.2 Å². The maximum atomic E-state index is 10.5. The lowest BCUT2D eigenvalue weighted by Crippen LogP contribution is -2.50. The Labute approximate surface area is 301 Å². The van der Waals surface area contributed by atoms with Crippen LogP contribution in [-0.4, -0.2) is 30.1 Å². The number of carbonyl (C=O) groups excluding carboxylic acids is 1. The summed E-state index contributed by atoms with van der Waals surface area (Å²) >= 11 is 0. The van der Waals surface area contributed by atoms with Crippen LogP contribution in [0.3, 0.4) is 0 Å². The predicted octanol–water partition coefficient (Wildman–Crippen LogP) is 7.76. The molecule has 0 radical (unpaired) electrons. The van der Waals surface area contributed by atoms with E-state index in [9.17, 15) is 13.2 Å². The number of halogens is 3. The van der Waals surface area contributed by atoms with Crippen molar-refractivity contribution in [1.82, 2.24) is 4.90 Å². The van der Waals surface area contributed by atoms with Crippen molar-refractivity contribution >= 4 is 5.97 Å². The van der Waals surface area contributed by atoms with E-state index >= 15 is 0 Å². The van der Waals surface area contributed by atoms with E-state index in [-0.39, 0.29) is 10.8 Å². The minimum absolute atomic E-state index is 0.161. The maximum Gasteiger partial charge on any atom is 0.430 e. The van der Waals surface area contributed by atoms with Gasteiger partial charge < -0.3 is 25.1 Å². The number of nitrogens with zero attached hydrogens (tertiary/aromatic N) is 1. The predicted molar refractivity (Wildman–Crippen MR) is 194 cm³/mol. The smallest absolute Gasteiger partial charge is 0.430 e. The van der Waals surface area contributed by atoms with Gasteiger partial charge >= 0.3 is 6.18 Å². The molecule has 6 nitrogen and oxygen atoms in total. The van der Waals surface area contributed by atoms with Crippen molar-refractivity contribution in [3.63, 3.8) is 0 Å². The fourth-order valence-electron chi connectivity index (χ4n) is 5.16. The third kappa shape index (κ3) is 14.8. The summed E-state index contributed by atoms with van der Waals surface area (Å²) < 4.78 is 43.7. The second-order valence-electron chi connectivity index (χ2n) is 14.8. The van der Waals surface area contributed by atoms with Gasteiger partial charge in [0, 0.05) is 13.1 Å². The first-order valence-electron chi connectivity index (χ1n) is 17.4. The second kappa shape index (κ2) is 18.8. The van der Waals surface area contributed by atoms with E-state index in [1.54, 1.807) is 0 Å². The topological polar surface area (TPSA) is 89.5 Å². The molecule has 4 rings (SSSR count). The van der Waals surface area contributed by atoms with Gasteiger partial charge in [-0.25, -0.2) is 0 Å². The Morgan fingerprint density at radius 1 is 0.608 bits per heavy atom. The molecule has 0 amide bonds. The molecule has 0 aromatic heterocycles. The molecule has 4 aromatic carbocycles. The summed E-state index contributed by atoms with van der Waals surface area (Å²) in [5.41, 5.74) is 12.0. The number of carboxylic acids is 1. The quantitative estimate of drug-likeness (QED) is 0.136. The number of rotatable bonds is 14. The minimum Gasteiger partial charge on any atom is -0.542 e. The molecule has 0 spiro atoms. The molecule has 0 atom stereocenters. The van der Waals surface area contributed by atoms with Gasteiger partial charge in [0.15, 0.2) is 0 Å². The van der Waals surface area contributed by atoms with Crippen LogP contribution in [0.4, 0.5) is 13.2 Å². The van der Waals surface area contributed by atoms with E-state index in [4.69, 9.17) is 19.4 Å². The summed E-state index contributed by atoms with van der Waals surface area (Å²) in [6, 6.07) is 34.6. The lowest BCUT2D eigenvalue weighted by atomic mass is 9.87. The molecule has 0 bridgehead atoms. The third-order valence-corrected chi connectivity index (χ3v) is 8.32. The highest BCUT2D eigenvalue weighted by Crippen LogP contribution is 2.25. The number of ether oxygens (including phenoxy) is 2. The van der Waals surface area contributed by atoms with Gasteiger partial charge in [0.1, 0.15) is 30.7 Å². The Bertz CT molecular complexity index is 1500. The molecule has 4 aromatic rings. The normalized spacial score (nSPS) is 11.9. The number of quaternary nitrogens is 1. The van der Waals surface area contributed by atoms with E-state index in [1.807, 2.05) is 0 Å². The summed E-state index contributed by atoms with van der Waals surface area (Å²) in [5.74, 6) is -1.21. The first-order valence-corrected chi connectivity index (χ1v) is 17.4. The van der Waals surface area contributed by atoms with Gasteiger partial charge in [-0.2, -0.15) is 13.2 Å². The highest BCUT2D eigenvalue weighted by molar-refractivity contribution is 5.70. The number of alkyl halides is 3. The van der Waals surface area contributed by atoms with Crippen molar-refractivity contribution in [1.29, 1.82) is 0 Å². The molecule has 51 heavy (non-hydrogen) atoms. The van der Waals surface area contributed by atoms with Crippen molar-refractivity contribution in [2.45, 2.75) is 97.7 Å². The molecule has 0 aliphatic carbocycles. The molecule has 0 saturated heterocycles. The molecule has 9 heteroatoms. The summed E-state index contributed by atoms with van der Waals surface area (Å²) in [5, 5.41) is 8.78. The van der Waals surface area contributed by atoms with Crippen molar-refractivity contribution in [2.24, 2.45) is 0 Å². The number of carboxylic acid groups (broad SMARTS) is 1. The van der Waals surface area contributed by atoms with Crippen LogP contribution in [0, 0.1) is 0 Å². The van der Waals surface area contributed by atoms with Crippen LogP contribution < -0.4 is 20.3 Å². The molecule has 0 aliphatic rings. The van der Waals surface area contributed by atoms with Crippen molar-refractivity contribution < 1.29 is 38.3 Å². The molecular formula is C42H53F3N2O4. The van der Waals surface area contributed by atoms with Crippen molar-refractivity contribution in [3.05, 3.63) is 130 Å². The van der Waals surface area contributed by atoms with Crippen LogP contribution in [0.15, 0.2) is 97.1 Å². The number of benzene rings is 4. The van der Waals surface area contributed by atoms with E-state index < -0.39 is 12.1 Å². The second-order valence-corrected chi connectivity index (χ2v) is 14.8. The summed E-state index contributed by atoms with van der Waals surface area (Å²) in [6.45, 7) is 18.4. The van der Waals surface area contributed by atoms with Gasteiger partial charge in [-0.1, -0.05) is 114 Å². The Morgan fingerprint density at radius 2 is 0.941 bits per heavy atom. The van der Waals surface area contributed by atoms with Gasteiger partial charge in [0.2, 0.25) is 0 Å². The Hall–Kier alpha value is -4.34. The Balaban J connectivity index is 0.000000908. The van der Waals surface area contributed by atoms with Crippen LogP contribution in [0.1, 0.15) is 87.8 Å². The van der Waals surface area contributed by atoms with Gasteiger partial charge in [-0.3, -0.25) is 4.90 Å². The van der Waals surface area contributed by atoms with Crippen LogP contribution >= 0.6 is 0 Å². The molecule has 0 heterocycles. The third-order valence-electron chi connectivity index (χ3n) is 8.32. The Kier molecular flexibility index (Phi) is 15.1. The lowest BCUT2D eigenvalue weighted by Gasteiger charge is -2.23. The van der Waals surface area contributed by atoms with Gasteiger partial charge in [0.05, 0.1) is 6.54 Å². The number of aliphatic carboxylic acids is 1. The fourth-order valence-corrected chi connectivity index (χ4v) is 5.16. The highest BCUT2D eigenvalue weighted by Gasteiger charge is 2.28. The number of carbonyl (C=O) groups is 1. The summed E-state index contributed by atoms with van der Waals surface area (Å²) in [4.78, 5) is 11.3. The molecule has 0 fully saturated rings. The van der Waals surface area contributed by atoms with Crippen molar-refractivity contribution in [3.8, 4) is 11.5 Å². The number of hydrogen-bond donors (Lipinski definition) is 1. The molecule has 276 valence electrons. The molecular weight excluding hydrogens is 653 g/mol. The first kappa shape index (κ1) is 41.1. The van der Waals surface area contributed by atoms with Crippen LogP contribution in [-0.2, 0) is 41.9 Å². The zero-order chi connectivity index (χ0) is 37.7. The van der Waals surface area contributed by atoms with Gasteiger partial charge in [0.25, 0.3) is 0 Å². The van der Waals surface area contributed by atoms with E-state index in [2.05, 4.69) is 149 Å². The highest BCUT2D eigenvalue weighted by atomic mass is 19.4. The molecule has 0 aliphatic heterocycles. The average Bonchev–Trinajstić information content (AvgIpc) is 3.07. The van der Waals surface area contributed by atoms with E-state index in [1.165, 1.54) is 33.4 Å². The van der Waals surface area contributed by atoms with Gasteiger partial charge in [-0.15, -0.1) is 0 Å². The lowest BCUT2D eigenvalue weighted by molar-refractivity contribution is -0.368. The minimum atomic E-state index is -5.19. The van der Waals surface area contributed by atoms with Gasteiger partial charge in [-0.05, 0) is 87.9 Å². The average molecular weight is 707 g/mol. The zero-order valence-corrected chi connectivity index (χ0v) is 30.8. The van der Waals surface area contributed by atoms with Crippen LogP contribution in [0.2, 0.25) is 0 Å². The molecule has 0 unspecified atom stereocenters. The molecule has 3 N–H and O–H groups in total. The SMILES string of the molecule is CC(C)(C)c1ccc(COc2ccc(CN(CCCC[NH3+])Cc3ccc(OCc4ccc(C(C)(C)C)cc4)cc3)cc2)cc1.O=C([O-])C(F)(F)F. The van der Waals surface area contributed by atoms with Crippen LogP contribution in [0.25, 0.3) is 0 Å². The first-order chi connectivity index (χ1) is 23.9. The molecule has 0 saturated carbocycles. The fraction of sp³-hybridized carbons (Fsp3) is 0.405. The monoisotopic (exact) mass is 706 g/mol. The number of hydrogen-bond acceptors (Lipinski definition) is 5. The van der Waals surface area contributed by atoms with Crippen LogP contribution in [0.5, 0.6) is 11.5 Å². The van der Waals surface area contributed by atoms with E-state index in [0.717, 1.165) is 50.5 Å². The maximum absolute atomic E-state index is 10.5. The van der Waals surface area contributed by atoms with Crippen molar-refractivity contribution in [2.75, 3.05) is 13.1 Å². The largest absolute Gasteiger partial charge is 0.542 e. The Morgan fingerprint density at radius 3 is 1.24 bits per heavy atom. The number of unbranched alkanes of at least 4 members (excludes halogenated alkanes) is 1. The summed E-state index contributed by atoms with van der Waals surface area (Å²) in [6.07, 6.45) is -2.91. The summed E-state index contributed by atoms with van der Waals surface area (Å²) in [7, 11) is 0. The standard InChI is InChI=1S/C40H52N2O2.C2HF3O2/c1-39(2,3)35-17-9-33(10-18-35)29-43-37-21-13-31(14-22-37)27-42(26-8-7-25-41)28-32-15-23-38(24-16-32)44-30-34-11-19-36(20-12-34)40(4,5)6;3-2(4,5)1(6)7/h9-24H,7-8,25-30,41H2,1-6H3;(H,6,7).